The Balaban J connectivity index is 2.49. The van der Waals surface area contributed by atoms with Crippen LogP contribution in [0.25, 0.3) is 11.0 Å². The Morgan fingerprint density at radius 1 is 1.33 bits per heavy atom. The predicted molar refractivity (Wildman–Crippen MR) is 58.0 cm³/mol. The van der Waals surface area contributed by atoms with E-state index < -0.39 is 5.60 Å². The summed E-state index contributed by atoms with van der Waals surface area (Å²) in [7, 11) is 0. The molecule has 0 saturated carbocycles. The van der Waals surface area contributed by atoms with Gasteiger partial charge in [-0.15, -0.1) is 0 Å². The van der Waals surface area contributed by atoms with Crippen molar-refractivity contribution in [3.63, 3.8) is 0 Å². The van der Waals surface area contributed by atoms with Crippen molar-refractivity contribution in [3.05, 3.63) is 23.8 Å². The van der Waals surface area contributed by atoms with Crippen LogP contribution >= 0.6 is 11.7 Å². The molecule has 1 aromatic heterocycles. The number of Topliss-reactive ketones (excluding diaryl/α,β-unsaturated/α-hetero) is 1. The topological polar surface area (TPSA) is 63.1 Å². The van der Waals surface area contributed by atoms with Crippen LogP contribution in [0.3, 0.4) is 0 Å². The largest absolute Gasteiger partial charge is 0.382 e. The highest BCUT2D eigenvalue weighted by atomic mass is 32.1. The zero-order chi connectivity index (χ0) is 11.1. The van der Waals surface area contributed by atoms with Crippen LogP contribution in [0.1, 0.15) is 24.2 Å². The smallest absolute Gasteiger partial charge is 0.193 e. The second kappa shape index (κ2) is 3.36. The number of nitrogens with zero attached hydrogens (tertiary/aromatic N) is 2. The number of carbonyl (C=O) groups is 1. The highest BCUT2D eigenvalue weighted by Gasteiger charge is 2.25. The van der Waals surface area contributed by atoms with Crippen molar-refractivity contribution in [2.45, 2.75) is 19.4 Å². The van der Waals surface area contributed by atoms with Gasteiger partial charge in [-0.1, -0.05) is 0 Å². The molecule has 0 radical (unpaired) electrons. The van der Waals surface area contributed by atoms with Crippen molar-refractivity contribution < 1.29 is 9.90 Å². The fraction of sp³-hybridized carbons (Fsp3) is 0.300. The van der Waals surface area contributed by atoms with Gasteiger partial charge in [0.15, 0.2) is 5.78 Å². The maximum Gasteiger partial charge on any atom is 0.193 e. The molecule has 0 bridgehead atoms. The molecule has 1 aromatic carbocycles. The highest BCUT2D eigenvalue weighted by Crippen LogP contribution is 2.17. The third-order valence-electron chi connectivity index (χ3n) is 2.07. The first-order chi connectivity index (χ1) is 6.98. The molecule has 78 valence electrons. The molecular weight excluding hydrogens is 212 g/mol. The lowest BCUT2D eigenvalue weighted by Crippen LogP contribution is -2.30. The molecule has 0 aliphatic rings. The quantitative estimate of drug-likeness (QED) is 0.785. The van der Waals surface area contributed by atoms with Gasteiger partial charge >= 0.3 is 0 Å². The molecule has 0 spiro atoms. The van der Waals surface area contributed by atoms with E-state index in [9.17, 15) is 9.90 Å². The van der Waals surface area contributed by atoms with Crippen LogP contribution in [0, 0.1) is 0 Å². The van der Waals surface area contributed by atoms with E-state index in [0.29, 0.717) is 11.1 Å². The third kappa shape index (κ3) is 1.88. The van der Waals surface area contributed by atoms with Crippen LogP contribution in [-0.2, 0) is 0 Å². The van der Waals surface area contributed by atoms with E-state index >= 15 is 0 Å². The number of benzene rings is 1. The summed E-state index contributed by atoms with van der Waals surface area (Å²) in [5.74, 6) is -0.308. The van der Waals surface area contributed by atoms with Gasteiger partial charge in [-0.3, -0.25) is 4.79 Å². The Bertz CT molecular complexity index is 513. The summed E-state index contributed by atoms with van der Waals surface area (Å²) >= 11 is 1.11. The summed E-state index contributed by atoms with van der Waals surface area (Å²) in [5.41, 5.74) is 0.571. The van der Waals surface area contributed by atoms with E-state index in [1.165, 1.54) is 13.8 Å². The van der Waals surface area contributed by atoms with Crippen LogP contribution in [0.4, 0.5) is 0 Å². The molecule has 4 nitrogen and oxygen atoms in total. The summed E-state index contributed by atoms with van der Waals surface area (Å²) in [4.78, 5) is 11.7. The van der Waals surface area contributed by atoms with Crippen molar-refractivity contribution in [1.29, 1.82) is 0 Å². The molecule has 15 heavy (non-hydrogen) atoms. The van der Waals surface area contributed by atoms with Gasteiger partial charge < -0.3 is 5.11 Å². The first kappa shape index (κ1) is 10.2. The van der Waals surface area contributed by atoms with Gasteiger partial charge in [0.1, 0.15) is 16.6 Å². The molecule has 0 fully saturated rings. The number of hydrogen-bond acceptors (Lipinski definition) is 5. The van der Waals surface area contributed by atoms with Gasteiger partial charge in [0.05, 0.1) is 11.7 Å². The first-order valence-electron chi connectivity index (χ1n) is 4.48. The van der Waals surface area contributed by atoms with Crippen LogP contribution in [0.2, 0.25) is 0 Å². The van der Waals surface area contributed by atoms with E-state index in [1.54, 1.807) is 18.2 Å². The van der Waals surface area contributed by atoms with Crippen molar-refractivity contribution in [2.75, 3.05) is 0 Å². The molecule has 2 rings (SSSR count). The summed E-state index contributed by atoms with van der Waals surface area (Å²) in [5, 5.41) is 9.58. The number of aromatic nitrogens is 2. The SMILES string of the molecule is CC(C)(O)C(=O)c1ccc2nsnc2c1. The van der Waals surface area contributed by atoms with Gasteiger partial charge in [-0.2, -0.15) is 8.75 Å². The average molecular weight is 222 g/mol. The first-order valence-corrected chi connectivity index (χ1v) is 5.21. The summed E-state index contributed by atoms with van der Waals surface area (Å²) in [6, 6.07) is 5.04. The van der Waals surface area contributed by atoms with E-state index in [0.717, 1.165) is 17.2 Å². The van der Waals surface area contributed by atoms with Crippen LogP contribution in [0.15, 0.2) is 18.2 Å². The van der Waals surface area contributed by atoms with E-state index in [2.05, 4.69) is 8.75 Å². The fourth-order valence-corrected chi connectivity index (χ4v) is 1.79. The lowest BCUT2D eigenvalue weighted by Gasteiger charge is -2.14. The zero-order valence-corrected chi connectivity index (χ0v) is 9.21. The lowest BCUT2D eigenvalue weighted by atomic mass is 9.97. The molecule has 5 heteroatoms. The lowest BCUT2D eigenvalue weighted by molar-refractivity contribution is 0.0488. The summed E-state index contributed by atoms with van der Waals surface area (Å²) < 4.78 is 8.08. The molecule has 0 aliphatic heterocycles. The van der Waals surface area contributed by atoms with Gasteiger partial charge in [0, 0.05) is 5.56 Å². The molecule has 0 unspecified atom stereocenters. The monoisotopic (exact) mass is 222 g/mol. The Labute approximate surface area is 90.9 Å². The standard InChI is InChI=1S/C10H10N2O2S/c1-10(2,14)9(13)6-3-4-7-8(5-6)12-15-11-7/h3-5,14H,1-2H3. The van der Waals surface area contributed by atoms with Crippen LogP contribution in [-0.4, -0.2) is 25.2 Å². The second-order valence-corrected chi connectivity index (χ2v) is 4.38. The molecule has 1 heterocycles. The zero-order valence-electron chi connectivity index (χ0n) is 8.39. The normalized spacial score (nSPS) is 11.9. The van der Waals surface area contributed by atoms with Crippen LogP contribution < -0.4 is 0 Å². The van der Waals surface area contributed by atoms with E-state index in [4.69, 9.17) is 0 Å². The third-order valence-corrected chi connectivity index (χ3v) is 2.63. The van der Waals surface area contributed by atoms with Crippen molar-refractivity contribution in [3.8, 4) is 0 Å². The molecule has 0 saturated heterocycles. The minimum atomic E-state index is -1.35. The maximum atomic E-state index is 11.7. The minimum absolute atomic E-state index is 0.308. The maximum absolute atomic E-state index is 11.7. The van der Waals surface area contributed by atoms with Gasteiger partial charge in [0.25, 0.3) is 0 Å². The van der Waals surface area contributed by atoms with Crippen molar-refractivity contribution >= 4 is 28.5 Å². The number of rotatable bonds is 2. The van der Waals surface area contributed by atoms with Gasteiger partial charge in [-0.25, -0.2) is 0 Å². The van der Waals surface area contributed by atoms with Crippen LogP contribution in [0.5, 0.6) is 0 Å². The van der Waals surface area contributed by atoms with Gasteiger partial charge in [0.2, 0.25) is 0 Å². The number of aliphatic hydroxyl groups is 1. The summed E-state index contributed by atoms with van der Waals surface area (Å²) in [6.07, 6.45) is 0. The molecule has 0 amide bonds. The Hall–Kier alpha value is -1.33. The van der Waals surface area contributed by atoms with Gasteiger partial charge in [-0.05, 0) is 32.0 Å². The average Bonchev–Trinajstić information content (AvgIpc) is 2.61. The second-order valence-electron chi connectivity index (χ2n) is 3.86. The minimum Gasteiger partial charge on any atom is -0.382 e. The van der Waals surface area contributed by atoms with Crippen molar-refractivity contribution in [2.24, 2.45) is 0 Å². The Morgan fingerprint density at radius 2 is 2.00 bits per heavy atom. The van der Waals surface area contributed by atoms with Crippen molar-refractivity contribution in [1.82, 2.24) is 8.75 Å². The van der Waals surface area contributed by atoms with E-state index in [1.807, 2.05) is 0 Å². The molecule has 2 aromatic rings. The number of carbonyl (C=O) groups excluding carboxylic acids is 1. The molecular formula is C10H10N2O2S. The number of ketones is 1. The predicted octanol–water partition coefficient (Wildman–Crippen LogP) is 1.64. The number of hydrogen-bond donors (Lipinski definition) is 1. The molecule has 0 atom stereocenters. The highest BCUT2D eigenvalue weighted by molar-refractivity contribution is 7.00. The van der Waals surface area contributed by atoms with E-state index in [-0.39, 0.29) is 5.78 Å². The molecule has 0 aliphatic carbocycles. The number of fused-ring (bicyclic) bond motifs is 1. The Morgan fingerprint density at radius 3 is 2.67 bits per heavy atom. The molecule has 1 N–H and O–H groups in total. The summed E-state index contributed by atoms with van der Waals surface area (Å²) in [6.45, 7) is 2.94. The fourth-order valence-electron chi connectivity index (χ4n) is 1.28. The Kier molecular flexibility index (Phi) is 2.28.